The van der Waals surface area contributed by atoms with Crippen LogP contribution in [0.2, 0.25) is 0 Å². The molecule has 5 heteroatoms. The van der Waals surface area contributed by atoms with Gasteiger partial charge in [-0.3, -0.25) is 4.79 Å². The summed E-state index contributed by atoms with van der Waals surface area (Å²) in [7, 11) is 0. The SMILES string of the molecule is CCOC(=O)C(NCCN(CC)CC)C1CCOC1. The van der Waals surface area contributed by atoms with Crippen LogP contribution in [-0.2, 0) is 14.3 Å². The van der Waals surface area contributed by atoms with Gasteiger partial charge in [-0.2, -0.15) is 0 Å². The molecule has 1 aliphatic heterocycles. The molecular weight excluding hydrogens is 244 g/mol. The maximum atomic E-state index is 12.0. The predicted octanol–water partition coefficient (Wildman–Crippen LogP) is 0.886. The molecule has 0 spiro atoms. The molecule has 0 aromatic rings. The monoisotopic (exact) mass is 272 g/mol. The van der Waals surface area contributed by atoms with Gasteiger partial charge in [-0.1, -0.05) is 13.8 Å². The van der Waals surface area contributed by atoms with E-state index in [1.807, 2.05) is 6.92 Å². The summed E-state index contributed by atoms with van der Waals surface area (Å²) in [6, 6.07) is -0.224. The summed E-state index contributed by atoms with van der Waals surface area (Å²) in [6.07, 6.45) is 0.932. The first-order valence-corrected chi connectivity index (χ1v) is 7.43. The average molecular weight is 272 g/mol. The van der Waals surface area contributed by atoms with Crippen molar-refractivity contribution in [2.75, 3.05) is 46.0 Å². The molecule has 1 fully saturated rings. The van der Waals surface area contributed by atoms with Crippen molar-refractivity contribution in [3.05, 3.63) is 0 Å². The molecule has 0 radical (unpaired) electrons. The lowest BCUT2D eigenvalue weighted by atomic mass is 9.99. The second-order valence-electron chi connectivity index (χ2n) is 4.83. The Balaban J connectivity index is 2.42. The highest BCUT2D eigenvalue weighted by molar-refractivity contribution is 5.76. The highest BCUT2D eigenvalue weighted by atomic mass is 16.5. The zero-order valence-corrected chi connectivity index (χ0v) is 12.5. The van der Waals surface area contributed by atoms with Crippen molar-refractivity contribution in [2.45, 2.75) is 33.2 Å². The minimum Gasteiger partial charge on any atom is -0.465 e. The molecule has 0 aromatic heterocycles. The highest BCUT2D eigenvalue weighted by Crippen LogP contribution is 2.17. The van der Waals surface area contributed by atoms with Gasteiger partial charge in [0.05, 0.1) is 13.2 Å². The fourth-order valence-electron chi connectivity index (χ4n) is 2.41. The molecule has 19 heavy (non-hydrogen) atoms. The van der Waals surface area contributed by atoms with Gasteiger partial charge in [0.25, 0.3) is 0 Å². The van der Waals surface area contributed by atoms with Crippen LogP contribution in [-0.4, -0.2) is 62.9 Å². The highest BCUT2D eigenvalue weighted by Gasteiger charge is 2.31. The van der Waals surface area contributed by atoms with E-state index in [1.165, 1.54) is 0 Å². The number of likely N-dealkylation sites (N-methyl/N-ethyl adjacent to an activating group) is 1. The summed E-state index contributed by atoms with van der Waals surface area (Å²) in [5.41, 5.74) is 0. The zero-order valence-electron chi connectivity index (χ0n) is 12.5. The summed E-state index contributed by atoms with van der Waals surface area (Å²) in [6.45, 7) is 11.8. The van der Waals surface area contributed by atoms with Crippen LogP contribution in [0.4, 0.5) is 0 Å². The van der Waals surface area contributed by atoms with Gasteiger partial charge in [-0.05, 0) is 26.4 Å². The largest absolute Gasteiger partial charge is 0.465 e. The number of hydrogen-bond donors (Lipinski definition) is 1. The van der Waals surface area contributed by atoms with E-state index in [2.05, 4.69) is 24.1 Å². The van der Waals surface area contributed by atoms with Gasteiger partial charge in [0.1, 0.15) is 6.04 Å². The van der Waals surface area contributed by atoms with E-state index in [1.54, 1.807) is 0 Å². The van der Waals surface area contributed by atoms with Crippen LogP contribution in [0.15, 0.2) is 0 Å². The molecule has 0 amide bonds. The van der Waals surface area contributed by atoms with E-state index in [0.29, 0.717) is 13.2 Å². The van der Waals surface area contributed by atoms with E-state index >= 15 is 0 Å². The van der Waals surface area contributed by atoms with E-state index in [9.17, 15) is 4.79 Å². The number of esters is 1. The van der Waals surface area contributed by atoms with Crippen LogP contribution < -0.4 is 5.32 Å². The summed E-state index contributed by atoms with van der Waals surface area (Å²) in [4.78, 5) is 14.3. The van der Waals surface area contributed by atoms with E-state index in [4.69, 9.17) is 9.47 Å². The third kappa shape index (κ3) is 5.47. The van der Waals surface area contributed by atoms with Crippen LogP contribution >= 0.6 is 0 Å². The molecular formula is C14H28N2O3. The molecule has 112 valence electrons. The number of carbonyl (C=O) groups is 1. The van der Waals surface area contributed by atoms with E-state index in [0.717, 1.165) is 39.2 Å². The fraction of sp³-hybridized carbons (Fsp3) is 0.929. The molecule has 0 bridgehead atoms. The van der Waals surface area contributed by atoms with Gasteiger partial charge in [-0.25, -0.2) is 0 Å². The van der Waals surface area contributed by atoms with Crippen molar-refractivity contribution in [3.8, 4) is 0 Å². The molecule has 0 aliphatic carbocycles. The van der Waals surface area contributed by atoms with Gasteiger partial charge in [0, 0.05) is 25.6 Å². The molecule has 1 aliphatic rings. The minimum absolute atomic E-state index is 0.141. The van der Waals surface area contributed by atoms with Gasteiger partial charge in [0.15, 0.2) is 0 Å². The molecule has 1 N–H and O–H groups in total. The van der Waals surface area contributed by atoms with E-state index < -0.39 is 0 Å². The van der Waals surface area contributed by atoms with Gasteiger partial charge >= 0.3 is 5.97 Å². The Morgan fingerprint density at radius 3 is 2.68 bits per heavy atom. The lowest BCUT2D eigenvalue weighted by molar-refractivity contribution is -0.147. The Kier molecular flexibility index (Phi) is 8.02. The average Bonchev–Trinajstić information content (AvgIpc) is 2.93. The lowest BCUT2D eigenvalue weighted by Gasteiger charge is -2.24. The minimum atomic E-state index is -0.224. The molecule has 0 saturated carbocycles. The molecule has 2 unspecified atom stereocenters. The molecule has 1 saturated heterocycles. The summed E-state index contributed by atoms with van der Waals surface area (Å²) in [5.74, 6) is 0.105. The lowest BCUT2D eigenvalue weighted by Crippen LogP contribution is -2.47. The van der Waals surface area contributed by atoms with E-state index in [-0.39, 0.29) is 17.9 Å². The van der Waals surface area contributed by atoms with Crippen LogP contribution in [0.3, 0.4) is 0 Å². The third-order valence-corrected chi connectivity index (χ3v) is 3.66. The van der Waals surface area contributed by atoms with Crippen molar-refractivity contribution in [2.24, 2.45) is 5.92 Å². The maximum Gasteiger partial charge on any atom is 0.323 e. The first-order valence-electron chi connectivity index (χ1n) is 7.43. The van der Waals surface area contributed by atoms with Gasteiger partial charge < -0.3 is 19.7 Å². The summed E-state index contributed by atoms with van der Waals surface area (Å²) >= 11 is 0. The summed E-state index contributed by atoms with van der Waals surface area (Å²) in [5, 5.41) is 3.35. The molecule has 2 atom stereocenters. The van der Waals surface area contributed by atoms with Crippen molar-refractivity contribution >= 4 is 5.97 Å². The number of nitrogens with zero attached hydrogens (tertiary/aromatic N) is 1. The van der Waals surface area contributed by atoms with Crippen LogP contribution in [0.5, 0.6) is 0 Å². The zero-order chi connectivity index (χ0) is 14.1. The number of ether oxygens (including phenoxy) is 2. The Labute approximate surface area is 116 Å². The second-order valence-corrected chi connectivity index (χ2v) is 4.83. The number of rotatable bonds is 9. The molecule has 5 nitrogen and oxygen atoms in total. The first-order chi connectivity index (χ1) is 9.22. The standard InChI is InChI=1S/C14H28N2O3/c1-4-16(5-2)9-8-15-13(14(17)19-6-3)12-7-10-18-11-12/h12-13,15H,4-11H2,1-3H3. The topological polar surface area (TPSA) is 50.8 Å². The Bertz CT molecular complexity index is 251. The van der Waals surface area contributed by atoms with Gasteiger partial charge in [0.2, 0.25) is 0 Å². The van der Waals surface area contributed by atoms with Crippen molar-refractivity contribution in [1.82, 2.24) is 10.2 Å². The van der Waals surface area contributed by atoms with Crippen LogP contribution in [0.25, 0.3) is 0 Å². The summed E-state index contributed by atoms with van der Waals surface area (Å²) < 4.78 is 10.5. The third-order valence-electron chi connectivity index (χ3n) is 3.66. The predicted molar refractivity (Wildman–Crippen MR) is 75.1 cm³/mol. The Hall–Kier alpha value is -0.650. The number of hydrogen-bond acceptors (Lipinski definition) is 5. The first kappa shape index (κ1) is 16.4. The van der Waals surface area contributed by atoms with Crippen LogP contribution in [0, 0.1) is 5.92 Å². The smallest absolute Gasteiger partial charge is 0.323 e. The number of carbonyl (C=O) groups excluding carboxylic acids is 1. The normalized spacial score (nSPS) is 20.7. The van der Waals surface area contributed by atoms with Crippen molar-refractivity contribution in [1.29, 1.82) is 0 Å². The maximum absolute atomic E-state index is 12.0. The van der Waals surface area contributed by atoms with Crippen molar-refractivity contribution in [3.63, 3.8) is 0 Å². The molecule has 1 rings (SSSR count). The molecule has 1 heterocycles. The fourth-order valence-corrected chi connectivity index (χ4v) is 2.41. The quantitative estimate of drug-likeness (QED) is 0.632. The second kappa shape index (κ2) is 9.28. The Morgan fingerprint density at radius 2 is 2.16 bits per heavy atom. The molecule has 0 aromatic carbocycles. The number of nitrogens with one attached hydrogen (secondary N) is 1. The van der Waals surface area contributed by atoms with Crippen molar-refractivity contribution < 1.29 is 14.3 Å². The Morgan fingerprint density at radius 1 is 1.42 bits per heavy atom. The van der Waals surface area contributed by atoms with Crippen LogP contribution in [0.1, 0.15) is 27.2 Å². The van der Waals surface area contributed by atoms with Gasteiger partial charge in [-0.15, -0.1) is 0 Å².